The third-order valence-electron chi connectivity index (χ3n) is 4.58. The van der Waals surface area contributed by atoms with E-state index in [-0.39, 0.29) is 29.9 Å². The number of thioether (sulfide) groups is 1. The van der Waals surface area contributed by atoms with Gasteiger partial charge in [-0.15, -0.1) is 5.10 Å². The highest BCUT2D eigenvalue weighted by Crippen LogP contribution is 2.16. The molecule has 1 aliphatic rings. The van der Waals surface area contributed by atoms with Crippen LogP contribution >= 0.6 is 11.8 Å². The van der Waals surface area contributed by atoms with Crippen LogP contribution in [0.4, 0.5) is 10.1 Å². The molecule has 30 heavy (non-hydrogen) atoms. The van der Waals surface area contributed by atoms with Crippen molar-refractivity contribution in [3.8, 4) is 0 Å². The van der Waals surface area contributed by atoms with Crippen LogP contribution < -0.4 is 5.32 Å². The molecule has 9 nitrogen and oxygen atoms in total. The van der Waals surface area contributed by atoms with Gasteiger partial charge in [-0.1, -0.05) is 25.6 Å². The van der Waals surface area contributed by atoms with Crippen molar-refractivity contribution in [3.05, 3.63) is 30.1 Å². The van der Waals surface area contributed by atoms with Crippen LogP contribution in [0, 0.1) is 11.7 Å². The van der Waals surface area contributed by atoms with Gasteiger partial charge in [0.25, 0.3) is 0 Å². The SMILES string of the molecule is CC(C)Cn1nnnc1SCC(=O)N1CCN(CC(=O)Nc2ccc(F)cc2)CC1. The zero-order chi connectivity index (χ0) is 21.5. The number of nitrogens with one attached hydrogen (secondary N) is 1. The van der Waals surface area contributed by atoms with Crippen molar-refractivity contribution in [2.75, 3.05) is 43.8 Å². The molecule has 162 valence electrons. The van der Waals surface area contributed by atoms with Crippen LogP contribution in [0.2, 0.25) is 0 Å². The van der Waals surface area contributed by atoms with E-state index in [0.29, 0.717) is 49.5 Å². The van der Waals surface area contributed by atoms with E-state index in [1.807, 2.05) is 4.90 Å². The van der Waals surface area contributed by atoms with Crippen molar-refractivity contribution in [1.82, 2.24) is 30.0 Å². The average molecular weight is 436 g/mol. The summed E-state index contributed by atoms with van der Waals surface area (Å²) in [5.74, 6) is 0.229. The van der Waals surface area contributed by atoms with Gasteiger partial charge in [0.05, 0.1) is 12.3 Å². The predicted octanol–water partition coefficient (Wildman–Crippen LogP) is 1.34. The molecule has 11 heteroatoms. The lowest BCUT2D eigenvalue weighted by Gasteiger charge is -2.34. The van der Waals surface area contributed by atoms with Crippen LogP contribution in [-0.4, -0.2) is 80.3 Å². The first kappa shape index (κ1) is 22.2. The standard InChI is InChI=1S/C19H26FN7O2S/c1-14(2)11-27-19(22-23-24-27)30-13-18(29)26-9-7-25(8-10-26)12-17(28)21-16-5-3-15(20)4-6-16/h3-6,14H,7-13H2,1-2H3,(H,21,28). The Bertz CT molecular complexity index is 851. The minimum Gasteiger partial charge on any atom is -0.339 e. The molecule has 2 amide bonds. The maximum absolute atomic E-state index is 12.9. The molecular weight excluding hydrogens is 409 g/mol. The van der Waals surface area contributed by atoms with E-state index in [0.717, 1.165) is 0 Å². The molecule has 1 N–H and O–H groups in total. The summed E-state index contributed by atoms with van der Waals surface area (Å²) in [6, 6.07) is 5.66. The number of piperazine rings is 1. The van der Waals surface area contributed by atoms with Crippen LogP contribution in [0.15, 0.2) is 29.4 Å². The highest BCUT2D eigenvalue weighted by atomic mass is 32.2. The van der Waals surface area contributed by atoms with Gasteiger partial charge in [-0.05, 0) is 40.6 Å². The number of nitrogens with zero attached hydrogens (tertiary/aromatic N) is 6. The number of halogens is 1. The fourth-order valence-electron chi connectivity index (χ4n) is 3.07. The predicted molar refractivity (Wildman–Crippen MR) is 111 cm³/mol. The summed E-state index contributed by atoms with van der Waals surface area (Å²) < 4.78 is 14.7. The van der Waals surface area contributed by atoms with Gasteiger partial charge in [0.1, 0.15) is 5.82 Å². The molecule has 0 saturated carbocycles. The van der Waals surface area contributed by atoms with Crippen LogP contribution in [-0.2, 0) is 16.1 Å². The summed E-state index contributed by atoms with van der Waals surface area (Å²) in [4.78, 5) is 28.5. The summed E-state index contributed by atoms with van der Waals surface area (Å²) in [6.07, 6.45) is 0. The topological polar surface area (TPSA) is 96.2 Å². The number of aromatic nitrogens is 4. The highest BCUT2D eigenvalue weighted by molar-refractivity contribution is 7.99. The number of carbonyl (C=O) groups is 2. The molecule has 3 rings (SSSR count). The smallest absolute Gasteiger partial charge is 0.238 e. The van der Waals surface area contributed by atoms with Gasteiger partial charge < -0.3 is 10.2 Å². The minimum absolute atomic E-state index is 0.0366. The maximum atomic E-state index is 12.9. The zero-order valence-electron chi connectivity index (χ0n) is 17.1. The van der Waals surface area contributed by atoms with E-state index >= 15 is 0 Å². The summed E-state index contributed by atoms with van der Waals surface area (Å²) in [7, 11) is 0. The lowest BCUT2D eigenvalue weighted by Crippen LogP contribution is -2.50. The Morgan fingerprint density at radius 2 is 1.87 bits per heavy atom. The fourth-order valence-corrected chi connectivity index (χ4v) is 3.86. The van der Waals surface area contributed by atoms with E-state index in [1.165, 1.54) is 36.0 Å². The molecule has 1 fully saturated rings. The fraction of sp³-hybridized carbons (Fsp3) is 0.526. The number of rotatable bonds is 8. The van der Waals surface area contributed by atoms with E-state index in [2.05, 4.69) is 34.7 Å². The molecule has 1 aromatic carbocycles. The van der Waals surface area contributed by atoms with Crippen molar-refractivity contribution in [2.45, 2.75) is 25.5 Å². The van der Waals surface area contributed by atoms with Gasteiger partial charge in [0.2, 0.25) is 17.0 Å². The Morgan fingerprint density at radius 1 is 1.17 bits per heavy atom. The van der Waals surface area contributed by atoms with E-state index in [1.54, 1.807) is 9.58 Å². The Kier molecular flexibility index (Phi) is 7.75. The molecule has 2 aromatic rings. The normalized spacial score (nSPS) is 14.9. The van der Waals surface area contributed by atoms with E-state index < -0.39 is 0 Å². The van der Waals surface area contributed by atoms with Crippen molar-refractivity contribution in [2.24, 2.45) is 5.92 Å². The quantitative estimate of drug-likeness (QED) is 0.625. The molecule has 1 saturated heterocycles. The number of benzene rings is 1. The molecule has 0 unspecified atom stereocenters. The summed E-state index contributed by atoms with van der Waals surface area (Å²) in [6.45, 7) is 7.50. The molecule has 0 atom stereocenters. The largest absolute Gasteiger partial charge is 0.339 e. The first-order chi connectivity index (χ1) is 14.4. The van der Waals surface area contributed by atoms with Gasteiger partial charge in [-0.2, -0.15) is 0 Å². The molecule has 1 aliphatic heterocycles. The Hall–Kier alpha value is -2.53. The molecule has 1 aromatic heterocycles. The summed E-state index contributed by atoms with van der Waals surface area (Å²) in [5.41, 5.74) is 0.562. The van der Waals surface area contributed by atoms with Gasteiger partial charge in [-0.25, -0.2) is 9.07 Å². The van der Waals surface area contributed by atoms with Crippen molar-refractivity contribution >= 4 is 29.3 Å². The minimum atomic E-state index is -0.344. The maximum Gasteiger partial charge on any atom is 0.238 e. The lowest BCUT2D eigenvalue weighted by atomic mass is 10.2. The second-order valence-corrected chi connectivity index (χ2v) is 8.48. The second-order valence-electron chi connectivity index (χ2n) is 7.54. The van der Waals surface area contributed by atoms with Crippen molar-refractivity contribution in [1.29, 1.82) is 0 Å². The third kappa shape index (κ3) is 6.49. The Balaban J connectivity index is 1.39. The van der Waals surface area contributed by atoms with Gasteiger partial charge in [0.15, 0.2) is 0 Å². The van der Waals surface area contributed by atoms with Crippen LogP contribution in [0.25, 0.3) is 0 Å². The second kappa shape index (κ2) is 10.5. The molecule has 0 aliphatic carbocycles. The Labute approximate surface area is 179 Å². The third-order valence-corrected chi connectivity index (χ3v) is 5.52. The molecule has 2 heterocycles. The number of anilines is 1. The van der Waals surface area contributed by atoms with Crippen LogP contribution in [0.5, 0.6) is 0 Å². The number of amides is 2. The van der Waals surface area contributed by atoms with E-state index in [9.17, 15) is 14.0 Å². The first-order valence-electron chi connectivity index (χ1n) is 9.85. The molecular formula is C19H26FN7O2S. The number of tetrazole rings is 1. The monoisotopic (exact) mass is 435 g/mol. The van der Waals surface area contributed by atoms with E-state index in [4.69, 9.17) is 0 Å². The molecule has 0 radical (unpaired) electrons. The van der Waals surface area contributed by atoms with Gasteiger partial charge >= 0.3 is 0 Å². The first-order valence-corrected chi connectivity index (χ1v) is 10.8. The zero-order valence-corrected chi connectivity index (χ0v) is 17.9. The number of hydrogen-bond donors (Lipinski definition) is 1. The van der Waals surface area contributed by atoms with Gasteiger partial charge in [-0.3, -0.25) is 14.5 Å². The highest BCUT2D eigenvalue weighted by Gasteiger charge is 2.23. The molecule has 0 spiro atoms. The summed E-state index contributed by atoms with van der Waals surface area (Å²) in [5, 5.41) is 15.0. The number of carbonyl (C=O) groups excluding carboxylic acids is 2. The average Bonchev–Trinajstić information content (AvgIpc) is 3.14. The Morgan fingerprint density at radius 3 is 2.53 bits per heavy atom. The lowest BCUT2D eigenvalue weighted by molar-refractivity contribution is -0.130. The van der Waals surface area contributed by atoms with Crippen molar-refractivity contribution < 1.29 is 14.0 Å². The molecule has 0 bridgehead atoms. The number of hydrogen-bond acceptors (Lipinski definition) is 7. The van der Waals surface area contributed by atoms with Crippen molar-refractivity contribution in [3.63, 3.8) is 0 Å². The van der Waals surface area contributed by atoms with Crippen LogP contribution in [0.1, 0.15) is 13.8 Å². The summed E-state index contributed by atoms with van der Waals surface area (Å²) >= 11 is 1.34. The van der Waals surface area contributed by atoms with Crippen LogP contribution in [0.3, 0.4) is 0 Å². The van der Waals surface area contributed by atoms with Gasteiger partial charge in [0, 0.05) is 38.4 Å².